The Bertz CT molecular complexity index is 1080. The van der Waals surface area contributed by atoms with Crippen molar-refractivity contribution in [1.82, 2.24) is 10.4 Å². The van der Waals surface area contributed by atoms with Crippen LogP contribution >= 0.6 is 0 Å². The Balaban J connectivity index is 1.92. The molecule has 3 rings (SSSR count). The third kappa shape index (κ3) is 3.89. The summed E-state index contributed by atoms with van der Waals surface area (Å²) in [5.41, 5.74) is 4.14. The predicted molar refractivity (Wildman–Crippen MR) is 107 cm³/mol. The Labute approximate surface area is 156 Å². The van der Waals surface area contributed by atoms with Gasteiger partial charge in [-0.15, -0.1) is 0 Å². The first kappa shape index (κ1) is 18.4. The van der Waals surface area contributed by atoms with E-state index >= 15 is 0 Å². The van der Waals surface area contributed by atoms with Crippen LogP contribution < -0.4 is 15.7 Å². The molecule has 0 aliphatic rings. The number of hydrogen-bond donors (Lipinski definition) is 2. The number of aromatic amines is 1. The fourth-order valence-corrected chi connectivity index (χ4v) is 3.04. The normalized spacial score (nSPS) is 11.1. The van der Waals surface area contributed by atoms with Crippen molar-refractivity contribution in [2.45, 2.75) is 20.8 Å². The minimum Gasteiger partial charge on any atom is -0.493 e. The number of hydrazone groups is 1. The third-order valence-electron chi connectivity index (χ3n) is 4.18. The second kappa shape index (κ2) is 7.86. The number of aryl methyl sites for hydroxylation is 2. The van der Waals surface area contributed by atoms with Crippen molar-refractivity contribution in [3.8, 4) is 5.75 Å². The van der Waals surface area contributed by atoms with E-state index in [9.17, 15) is 9.59 Å². The van der Waals surface area contributed by atoms with Crippen LogP contribution in [0.2, 0.25) is 0 Å². The van der Waals surface area contributed by atoms with E-state index in [1.54, 1.807) is 26.1 Å². The van der Waals surface area contributed by atoms with Gasteiger partial charge in [0, 0.05) is 11.3 Å². The summed E-state index contributed by atoms with van der Waals surface area (Å²) in [6.45, 7) is 5.91. The van der Waals surface area contributed by atoms with Crippen molar-refractivity contribution in [3.05, 3.63) is 75.2 Å². The number of H-pyrrole nitrogens is 1. The first-order chi connectivity index (χ1) is 13.0. The summed E-state index contributed by atoms with van der Waals surface area (Å²) < 4.78 is 5.68. The van der Waals surface area contributed by atoms with E-state index < -0.39 is 11.5 Å². The molecule has 0 atom stereocenters. The second-order valence-electron chi connectivity index (χ2n) is 6.17. The lowest BCUT2D eigenvalue weighted by Gasteiger charge is -2.10. The average Bonchev–Trinajstić information content (AvgIpc) is 2.62. The van der Waals surface area contributed by atoms with Crippen molar-refractivity contribution in [3.63, 3.8) is 0 Å². The molecule has 1 heterocycles. The molecule has 0 unspecified atom stereocenters. The van der Waals surface area contributed by atoms with E-state index in [1.807, 2.05) is 43.3 Å². The second-order valence-corrected chi connectivity index (χ2v) is 6.17. The fraction of sp³-hybridized carbons (Fsp3) is 0.190. The molecule has 1 aromatic heterocycles. The molecule has 2 N–H and O–H groups in total. The van der Waals surface area contributed by atoms with Gasteiger partial charge in [0.15, 0.2) is 0 Å². The van der Waals surface area contributed by atoms with Crippen molar-refractivity contribution in [1.29, 1.82) is 0 Å². The highest BCUT2D eigenvalue weighted by molar-refractivity contribution is 6.03. The summed E-state index contributed by atoms with van der Waals surface area (Å²) in [7, 11) is 0. The van der Waals surface area contributed by atoms with Gasteiger partial charge in [-0.3, -0.25) is 9.59 Å². The van der Waals surface area contributed by atoms with Crippen LogP contribution in [0.15, 0.2) is 52.4 Å². The smallest absolute Gasteiger partial charge is 0.277 e. The Kier molecular flexibility index (Phi) is 5.35. The highest BCUT2D eigenvalue weighted by atomic mass is 16.5. The molecule has 0 saturated carbocycles. The van der Waals surface area contributed by atoms with Crippen molar-refractivity contribution < 1.29 is 9.53 Å². The summed E-state index contributed by atoms with van der Waals surface area (Å²) in [5, 5.41) is 6.06. The van der Waals surface area contributed by atoms with Gasteiger partial charge in [-0.1, -0.05) is 30.3 Å². The van der Waals surface area contributed by atoms with Gasteiger partial charge in [0.1, 0.15) is 11.3 Å². The fourth-order valence-electron chi connectivity index (χ4n) is 3.04. The Morgan fingerprint density at radius 3 is 2.74 bits per heavy atom. The maximum Gasteiger partial charge on any atom is 0.277 e. The standard InChI is InChI=1S/C21H21N3O3/c1-4-27-18-10-9-15-7-5-6-8-16(15)17(18)12-22-24-21(26)19-13(2)11-14(3)23-20(19)25/h5-12H,4H2,1-3H3,(H,23,25)(H,24,26)/b22-12-. The molecule has 0 aliphatic carbocycles. The van der Waals surface area contributed by atoms with Gasteiger partial charge in [0.2, 0.25) is 0 Å². The van der Waals surface area contributed by atoms with E-state index in [-0.39, 0.29) is 5.56 Å². The maximum absolute atomic E-state index is 12.4. The summed E-state index contributed by atoms with van der Waals surface area (Å²) >= 11 is 0. The van der Waals surface area contributed by atoms with Crippen LogP contribution in [0.5, 0.6) is 5.75 Å². The van der Waals surface area contributed by atoms with Crippen molar-refractivity contribution >= 4 is 22.9 Å². The molecule has 0 bridgehead atoms. The minimum atomic E-state index is -0.553. The van der Waals surface area contributed by atoms with E-state index in [0.717, 1.165) is 16.3 Å². The van der Waals surface area contributed by atoms with Gasteiger partial charge in [-0.25, -0.2) is 5.43 Å². The Morgan fingerprint density at radius 2 is 2.00 bits per heavy atom. The SMILES string of the molecule is CCOc1ccc2ccccc2c1/C=N\NC(=O)c1c(C)cc(C)[nH]c1=O. The third-order valence-corrected chi connectivity index (χ3v) is 4.18. The van der Waals surface area contributed by atoms with Gasteiger partial charge in [0.05, 0.1) is 12.8 Å². The number of nitrogens with one attached hydrogen (secondary N) is 2. The summed E-state index contributed by atoms with van der Waals surface area (Å²) in [4.78, 5) is 27.1. The molecule has 0 aliphatic heterocycles. The monoisotopic (exact) mass is 363 g/mol. The zero-order valence-electron chi connectivity index (χ0n) is 15.5. The molecule has 0 saturated heterocycles. The molecule has 3 aromatic rings. The van der Waals surface area contributed by atoms with Gasteiger partial charge in [-0.05, 0) is 49.2 Å². The number of benzene rings is 2. The number of nitrogens with zero attached hydrogens (tertiary/aromatic N) is 1. The molecule has 6 nitrogen and oxygen atoms in total. The molecule has 27 heavy (non-hydrogen) atoms. The quantitative estimate of drug-likeness (QED) is 0.539. The zero-order chi connectivity index (χ0) is 19.4. The molecule has 0 fully saturated rings. The van der Waals surface area contributed by atoms with Crippen molar-refractivity contribution in [2.24, 2.45) is 5.10 Å². The number of amides is 1. The van der Waals surface area contributed by atoms with Gasteiger partial charge < -0.3 is 9.72 Å². The number of ether oxygens (including phenoxy) is 1. The number of hydrogen-bond acceptors (Lipinski definition) is 4. The molecular weight excluding hydrogens is 342 g/mol. The number of carbonyl (C=O) groups excluding carboxylic acids is 1. The molecule has 0 spiro atoms. The number of aromatic nitrogens is 1. The van der Waals surface area contributed by atoms with Crippen LogP contribution in [-0.4, -0.2) is 23.7 Å². The molecular formula is C21H21N3O3. The first-order valence-electron chi connectivity index (χ1n) is 8.69. The lowest BCUT2D eigenvalue weighted by Crippen LogP contribution is -2.28. The van der Waals surface area contributed by atoms with Gasteiger partial charge in [-0.2, -0.15) is 5.10 Å². The Hall–Kier alpha value is -3.41. The van der Waals surface area contributed by atoms with E-state index in [0.29, 0.717) is 23.6 Å². The van der Waals surface area contributed by atoms with Crippen LogP contribution in [0.3, 0.4) is 0 Å². The summed E-state index contributed by atoms with van der Waals surface area (Å²) in [6, 6.07) is 13.5. The van der Waals surface area contributed by atoms with Crippen LogP contribution in [0.1, 0.15) is 34.1 Å². The summed E-state index contributed by atoms with van der Waals surface area (Å²) in [5.74, 6) is 0.127. The highest BCUT2D eigenvalue weighted by Gasteiger charge is 2.14. The maximum atomic E-state index is 12.4. The number of rotatable bonds is 5. The van der Waals surface area contributed by atoms with Crippen LogP contribution in [-0.2, 0) is 0 Å². The van der Waals surface area contributed by atoms with Crippen LogP contribution in [0.4, 0.5) is 0 Å². The molecule has 6 heteroatoms. The van der Waals surface area contributed by atoms with Crippen molar-refractivity contribution in [2.75, 3.05) is 6.61 Å². The minimum absolute atomic E-state index is 0.0562. The molecule has 2 aromatic carbocycles. The van der Waals surface area contributed by atoms with E-state index in [4.69, 9.17) is 4.74 Å². The zero-order valence-corrected chi connectivity index (χ0v) is 15.5. The highest BCUT2D eigenvalue weighted by Crippen LogP contribution is 2.26. The predicted octanol–water partition coefficient (Wildman–Crippen LogP) is 3.31. The molecule has 0 radical (unpaired) electrons. The van der Waals surface area contributed by atoms with E-state index in [1.165, 1.54) is 0 Å². The van der Waals surface area contributed by atoms with Gasteiger partial charge >= 0.3 is 0 Å². The van der Waals surface area contributed by atoms with Gasteiger partial charge in [0.25, 0.3) is 11.5 Å². The number of pyridine rings is 1. The number of fused-ring (bicyclic) bond motifs is 1. The van der Waals surface area contributed by atoms with E-state index in [2.05, 4.69) is 15.5 Å². The lowest BCUT2D eigenvalue weighted by atomic mass is 10.0. The number of carbonyl (C=O) groups is 1. The largest absolute Gasteiger partial charge is 0.493 e. The Morgan fingerprint density at radius 1 is 1.22 bits per heavy atom. The van der Waals surface area contributed by atoms with Crippen LogP contribution in [0.25, 0.3) is 10.8 Å². The lowest BCUT2D eigenvalue weighted by molar-refractivity contribution is 0.0953. The molecule has 1 amide bonds. The average molecular weight is 363 g/mol. The first-order valence-corrected chi connectivity index (χ1v) is 8.69. The summed E-state index contributed by atoms with van der Waals surface area (Å²) in [6.07, 6.45) is 1.54. The topological polar surface area (TPSA) is 83.5 Å². The van der Waals surface area contributed by atoms with Crippen LogP contribution in [0, 0.1) is 13.8 Å². The molecule has 138 valence electrons.